The van der Waals surface area contributed by atoms with Crippen molar-refractivity contribution < 1.29 is 9.21 Å². The van der Waals surface area contributed by atoms with Gasteiger partial charge in [-0.2, -0.15) is 4.98 Å². The van der Waals surface area contributed by atoms with Crippen LogP contribution in [0.5, 0.6) is 0 Å². The fourth-order valence-electron chi connectivity index (χ4n) is 2.90. The normalized spacial score (nSPS) is 19.6. The monoisotopic (exact) mass is 319 g/mol. The Morgan fingerprint density at radius 3 is 2.77 bits per heavy atom. The van der Waals surface area contributed by atoms with Crippen molar-refractivity contribution in [3.8, 4) is 0 Å². The third-order valence-electron chi connectivity index (χ3n) is 4.40. The highest BCUT2D eigenvalue weighted by Crippen LogP contribution is 2.28. The average Bonchev–Trinajstić information content (AvgIpc) is 3.23. The first kappa shape index (κ1) is 13.9. The number of halogens is 1. The predicted octanol–water partition coefficient (Wildman–Crippen LogP) is 2.98. The molecule has 1 N–H and O–H groups in total. The highest BCUT2D eigenvalue weighted by molar-refractivity contribution is 6.31. The number of aromatic nitrogens is 1. The molecule has 1 aromatic heterocycles. The lowest BCUT2D eigenvalue weighted by Crippen LogP contribution is -2.41. The number of carbonyl (C=O) groups excluding carboxylic acids is 1. The molecule has 5 nitrogen and oxygen atoms in total. The maximum Gasteiger partial charge on any atom is 0.298 e. The molecule has 116 valence electrons. The summed E-state index contributed by atoms with van der Waals surface area (Å²) >= 11 is 5.97. The Balaban J connectivity index is 1.42. The van der Waals surface area contributed by atoms with E-state index >= 15 is 0 Å². The number of benzene rings is 1. The maximum atomic E-state index is 12.1. The van der Waals surface area contributed by atoms with Gasteiger partial charge in [-0.25, -0.2) is 0 Å². The number of hydrogen-bond donors (Lipinski definition) is 1. The van der Waals surface area contributed by atoms with Crippen molar-refractivity contribution in [2.75, 3.05) is 18.0 Å². The molecule has 0 unspecified atom stereocenters. The first-order chi connectivity index (χ1) is 10.7. The fourth-order valence-corrected chi connectivity index (χ4v) is 3.07. The van der Waals surface area contributed by atoms with Crippen LogP contribution in [0.1, 0.15) is 25.7 Å². The van der Waals surface area contributed by atoms with E-state index in [-0.39, 0.29) is 11.8 Å². The van der Waals surface area contributed by atoms with Gasteiger partial charge in [0.05, 0.1) is 0 Å². The van der Waals surface area contributed by atoms with Crippen molar-refractivity contribution in [2.45, 2.75) is 31.7 Å². The van der Waals surface area contributed by atoms with E-state index in [2.05, 4.69) is 15.2 Å². The van der Waals surface area contributed by atoms with Crippen LogP contribution < -0.4 is 10.2 Å². The zero-order chi connectivity index (χ0) is 15.1. The Morgan fingerprint density at radius 1 is 1.27 bits per heavy atom. The van der Waals surface area contributed by atoms with Crippen LogP contribution in [0, 0.1) is 5.92 Å². The molecule has 0 atom stereocenters. The summed E-state index contributed by atoms with van der Waals surface area (Å²) < 4.78 is 5.79. The number of hydrogen-bond acceptors (Lipinski definition) is 4. The van der Waals surface area contributed by atoms with Gasteiger partial charge < -0.3 is 14.6 Å². The van der Waals surface area contributed by atoms with E-state index in [9.17, 15) is 4.79 Å². The van der Waals surface area contributed by atoms with Gasteiger partial charge in [0.2, 0.25) is 5.91 Å². The lowest BCUT2D eigenvalue weighted by Gasteiger charge is -2.30. The third-order valence-corrected chi connectivity index (χ3v) is 4.63. The lowest BCUT2D eigenvalue weighted by molar-refractivity contribution is -0.125. The minimum Gasteiger partial charge on any atom is -0.423 e. The van der Waals surface area contributed by atoms with E-state index in [0.717, 1.165) is 49.9 Å². The van der Waals surface area contributed by atoms with Gasteiger partial charge in [0, 0.05) is 30.1 Å². The van der Waals surface area contributed by atoms with Gasteiger partial charge in [0.1, 0.15) is 5.52 Å². The second-order valence-corrected chi connectivity index (χ2v) is 6.59. The van der Waals surface area contributed by atoms with E-state index in [1.54, 1.807) is 12.1 Å². The summed E-state index contributed by atoms with van der Waals surface area (Å²) in [6, 6.07) is 6.50. The van der Waals surface area contributed by atoms with Gasteiger partial charge in [-0.05, 0) is 43.9 Å². The van der Waals surface area contributed by atoms with Crippen LogP contribution in [0.4, 0.5) is 6.01 Å². The van der Waals surface area contributed by atoms with Gasteiger partial charge in [0.25, 0.3) is 6.01 Å². The maximum absolute atomic E-state index is 12.1. The van der Waals surface area contributed by atoms with Crippen LogP contribution in [0.2, 0.25) is 5.02 Å². The summed E-state index contributed by atoms with van der Waals surface area (Å²) in [5.41, 5.74) is 1.52. The molecule has 1 amide bonds. The zero-order valence-electron chi connectivity index (χ0n) is 12.2. The molecule has 1 aromatic carbocycles. The summed E-state index contributed by atoms with van der Waals surface area (Å²) in [6.07, 6.45) is 3.96. The highest BCUT2D eigenvalue weighted by Gasteiger charge is 2.30. The second-order valence-electron chi connectivity index (χ2n) is 6.15. The van der Waals surface area contributed by atoms with Crippen LogP contribution in [0.15, 0.2) is 22.6 Å². The van der Waals surface area contributed by atoms with Crippen molar-refractivity contribution in [2.24, 2.45) is 5.92 Å². The van der Waals surface area contributed by atoms with Gasteiger partial charge in [-0.15, -0.1) is 0 Å². The Kier molecular flexibility index (Phi) is 3.45. The lowest BCUT2D eigenvalue weighted by atomic mass is 9.96. The van der Waals surface area contributed by atoms with E-state index < -0.39 is 0 Å². The SMILES string of the molecule is O=C(NC1CC1)C1CCN(c2nc3cc(Cl)ccc3o2)CC1. The zero-order valence-corrected chi connectivity index (χ0v) is 13.0. The smallest absolute Gasteiger partial charge is 0.298 e. The minimum atomic E-state index is 0.121. The number of piperidine rings is 1. The molecule has 0 bridgehead atoms. The topological polar surface area (TPSA) is 58.4 Å². The van der Waals surface area contributed by atoms with Gasteiger partial charge >= 0.3 is 0 Å². The van der Waals surface area contributed by atoms with Crippen LogP contribution in [0.3, 0.4) is 0 Å². The quantitative estimate of drug-likeness (QED) is 0.945. The Labute approximate surface area is 133 Å². The van der Waals surface area contributed by atoms with E-state index in [0.29, 0.717) is 17.1 Å². The molecule has 2 heterocycles. The molecule has 1 aliphatic carbocycles. The first-order valence-corrected chi connectivity index (χ1v) is 8.18. The van der Waals surface area contributed by atoms with Gasteiger partial charge in [0.15, 0.2) is 5.58 Å². The van der Waals surface area contributed by atoms with Crippen LogP contribution in [0.25, 0.3) is 11.1 Å². The van der Waals surface area contributed by atoms with Crippen LogP contribution in [-0.4, -0.2) is 30.0 Å². The molecule has 2 fully saturated rings. The molecule has 1 saturated carbocycles. The van der Waals surface area contributed by atoms with E-state index in [1.165, 1.54) is 0 Å². The number of oxazole rings is 1. The summed E-state index contributed by atoms with van der Waals surface area (Å²) in [4.78, 5) is 18.7. The Bertz CT molecular complexity index is 702. The molecule has 2 aliphatic rings. The molecule has 0 spiro atoms. The minimum absolute atomic E-state index is 0.121. The Morgan fingerprint density at radius 2 is 2.05 bits per heavy atom. The second kappa shape index (κ2) is 5.47. The average molecular weight is 320 g/mol. The number of fused-ring (bicyclic) bond motifs is 1. The van der Waals surface area contributed by atoms with Crippen molar-refractivity contribution >= 4 is 34.6 Å². The number of carbonyl (C=O) groups is 1. The largest absolute Gasteiger partial charge is 0.423 e. The molecule has 0 radical (unpaired) electrons. The first-order valence-electron chi connectivity index (χ1n) is 7.80. The molecule has 6 heteroatoms. The number of rotatable bonds is 3. The van der Waals surface area contributed by atoms with Gasteiger partial charge in [-0.1, -0.05) is 11.6 Å². The number of nitrogens with zero attached hydrogens (tertiary/aromatic N) is 2. The van der Waals surface area contributed by atoms with Crippen molar-refractivity contribution in [3.05, 3.63) is 23.2 Å². The van der Waals surface area contributed by atoms with Crippen LogP contribution >= 0.6 is 11.6 Å². The number of amides is 1. The third kappa shape index (κ3) is 2.77. The summed E-state index contributed by atoms with van der Waals surface area (Å²) in [7, 11) is 0. The summed E-state index contributed by atoms with van der Waals surface area (Å²) in [5, 5.41) is 3.75. The summed E-state index contributed by atoms with van der Waals surface area (Å²) in [5.74, 6) is 0.335. The standard InChI is InChI=1S/C16H18ClN3O2/c17-11-1-4-14-13(9-11)19-16(22-14)20-7-5-10(6-8-20)15(21)18-12-2-3-12/h1,4,9-10,12H,2-3,5-8H2,(H,18,21). The molecular weight excluding hydrogens is 302 g/mol. The summed E-state index contributed by atoms with van der Waals surface area (Å²) in [6.45, 7) is 1.59. The molecule has 2 aromatic rings. The van der Waals surface area contributed by atoms with E-state index in [1.807, 2.05) is 6.07 Å². The fraction of sp³-hybridized carbons (Fsp3) is 0.500. The Hall–Kier alpha value is -1.75. The van der Waals surface area contributed by atoms with E-state index in [4.69, 9.17) is 16.0 Å². The van der Waals surface area contributed by atoms with Crippen LogP contribution in [-0.2, 0) is 4.79 Å². The molecule has 22 heavy (non-hydrogen) atoms. The molecule has 4 rings (SSSR count). The highest BCUT2D eigenvalue weighted by atomic mass is 35.5. The molecule has 1 aliphatic heterocycles. The van der Waals surface area contributed by atoms with Gasteiger partial charge in [-0.3, -0.25) is 4.79 Å². The number of nitrogens with one attached hydrogen (secondary N) is 1. The predicted molar refractivity (Wildman–Crippen MR) is 85.1 cm³/mol. The molecule has 1 saturated heterocycles. The van der Waals surface area contributed by atoms with Crippen molar-refractivity contribution in [3.63, 3.8) is 0 Å². The van der Waals surface area contributed by atoms with Crippen molar-refractivity contribution in [1.29, 1.82) is 0 Å². The van der Waals surface area contributed by atoms with Crippen molar-refractivity contribution in [1.82, 2.24) is 10.3 Å². The molecular formula is C16H18ClN3O2. The number of anilines is 1.